The molecule has 0 atom stereocenters. The van der Waals surface area contributed by atoms with Gasteiger partial charge in [-0.1, -0.05) is 0 Å². The number of nitrogens with one attached hydrogen (secondary N) is 1. The van der Waals surface area contributed by atoms with Gasteiger partial charge in [0.15, 0.2) is 0 Å². The molecule has 0 unspecified atom stereocenters. The molecule has 0 radical (unpaired) electrons. The Morgan fingerprint density at radius 2 is 1.84 bits per heavy atom. The molecule has 0 bridgehead atoms. The quantitative estimate of drug-likeness (QED) is 0.635. The van der Waals surface area contributed by atoms with Crippen LogP contribution in [0, 0.1) is 6.92 Å². The van der Waals surface area contributed by atoms with Crippen LogP contribution < -0.4 is 5.32 Å². The Kier molecular flexibility index (Phi) is 5.50. The molecule has 0 aliphatic carbocycles. The van der Waals surface area contributed by atoms with Gasteiger partial charge in [0.1, 0.15) is 5.82 Å². The van der Waals surface area contributed by atoms with Crippen molar-refractivity contribution in [3.05, 3.63) is 17.7 Å². The average molecular weight is 269 g/mol. The summed E-state index contributed by atoms with van der Waals surface area (Å²) in [4.78, 5) is 22.5. The van der Waals surface area contributed by atoms with Gasteiger partial charge in [-0.15, -0.1) is 0 Å². The van der Waals surface area contributed by atoms with Crippen molar-refractivity contribution in [1.82, 2.24) is 14.9 Å². The van der Waals surface area contributed by atoms with Crippen LogP contribution in [0.5, 0.6) is 0 Å². The maximum absolute atomic E-state index is 9.10. The smallest absolute Gasteiger partial charge is 0.414 e. The highest BCUT2D eigenvalue weighted by atomic mass is 16.4. The minimum atomic E-state index is -1.82. The van der Waals surface area contributed by atoms with Gasteiger partial charge in [-0.3, -0.25) is 0 Å². The first kappa shape index (κ1) is 15.2. The van der Waals surface area contributed by atoms with Gasteiger partial charge in [-0.2, -0.15) is 0 Å². The minimum Gasteiger partial charge on any atom is -0.473 e. The third kappa shape index (κ3) is 4.36. The molecule has 3 N–H and O–H groups in total. The topological polar surface area (TPSA) is 104 Å². The number of rotatable bonds is 1. The van der Waals surface area contributed by atoms with Crippen LogP contribution in [0.15, 0.2) is 6.20 Å². The summed E-state index contributed by atoms with van der Waals surface area (Å²) in [5.41, 5.74) is 1.40. The number of aliphatic carboxylic acids is 2. The van der Waals surface area contributed by atoms with Crippen molar-refractivity contribution in [1.29, 1.82) is 0 Å². The van der Waals surface area contributed by atoms with Crippen molar-refractivity contribution in [2.45, 2.75) is 25.7 Å². The Hall–Kier alpha value is -1.89. The van der Waals surface area contributed by atoms with E-state index in [0.29, 0.717) is 5.92 Å². The summed E-state index contributed by atoms with van der Waals surface area (Å²) in [6.45, 7) is 4.36. The molecule has 1 saturated heterocycles. The lowest BCUT2D eigenvalue weighted by atomic mass is 9.95. The maximum Gasteiger partial charge on any atom is 0.414 e. The van der Waals surface area contributed by atoms with Gasteiger partial charge in [0.25, 0.3) is 0 Å². The molecule has 106 valence electrons. The van der Waals surface area contributed by atoms with Crippen LogP contribution in [0.1, 0.15) is 30.3 Å². The Morgan fingerprint density at radius 1 is 1.32 bits per heavy atom. The fourth-order valence-electron chi connectivity index (χ4n) is 2.02. The number of piperidine rings is 1. The summed E-state index contributed by atoms with van der Waals surface area (Å²) in [6, 6.07) is 0. The van der Waals surface area contributed by atoms with E-state index in [4.69, 9.17) is 19.8 Å². The van der Waals surface area contributed by atoms with Crippen molar-refractivity contribution < 1.29 is 19.8 Å². The van der Waals surface area contributed by atoms with Gasteiger partial charge in [0, 0.05) is 24.9 Å². The third-order valence-electron chi connectivity index (χ3n) is 3.20. The second kappa shape index (κ2) is 6.89. The van der Waals surface area contributed by atoms with Gasteiger partial charge in [-0.25, -0.2) is 14.6 Å². The predicted molar refractivity (Wildman–Crippen MR) is 68.1 cm³/mol. The van der Waals surface area contributed by atoms with Gasteiger partial charge in [-0.05, 0) is 32.9 Å². The molecule has 0 spiro atoms. The van der Waals surface area contributed by atoms with E-state index in [2.05, 4.69) is 28.8 Å². The van der Waals surface area contributed by atoms with E-state index in [-0.39, 0.29) is 0 Å². The number of carboxylic acid groups (broad SMARTS) is 2. The second-order valence-corrected chi connectivity index (χ2v) is 4.42. The van der Waals surface area contributed by atoms with E-state index in [0.717, 1.165) is 18.9 Å². The number of imidazole rings is 1. The first-order chi connectivity index (χ1) is 8.93. The molecule has 1 aromatic heterocycles. The molecule has 7 heteroatoms. The first-order valence-electron chi connectivity index (χ1n) is 6.08. The number of carbonyl (C=O) groups is 2. The van der Waals surface area contributed by atoms with Crippen molar-refractivity contribution in [3.63, 3.8) is 0 Å². The van der Waals surface area contributed by atoms with Crippen molar-refractivity contribution in [2.24, 2.45) is 7.05 Å². The summed E-state index contributed by atoms with van der Waals surface area (Å²) < 4.78 is 2.22. The summed E-state index contributed by atoms with van der Waals surface area (Å²) in [7, 11) is 2.11. The van der Waals surface area contributed by atoms with E-state index < -0.39 is 11.9 Å². The first-order valence-corrected chi connectivity index (χ1v) is 6.08. The Balaban J connectivity index is 0.000000258. The standard InChI is InChI=1S/C10H17N3.C2H2O4/c1-8-12-7-10(13(8)2)9-3-5-11-6-4-9;3-1(4)2(5)6/h7,9,11H,3-6H2,1-2H3;(H,3,4)(H,5,6). The van der Waals surface area contributed by atoms with Gasteiger partial charge in [0.05, 0.1) is 0 Å². The molecule has 1 fully saturated rings. The molecular weight excluding hydrogens is 250 g/mol. The van der Waals surface area contributed by atoms with E-state index >= 15 is 0 Å². The Labute approximate surface area is 111 Å². The van der Waals surface area contributed by atoms with Crippen molar-refractivity contribution in [3.8, 4) is 0 Å². The van der Waals surface area contributed by atoms with Crippen LogP contribution in [-0.4, -0.2) is 44.8 Å². The van der Waals surface area contributed by atoms with Crippen LogP contribution in [0.4, 0.5) is 0 Å². The largest absolute Gasteiger partial charge is 0.473 e. The molecule has 2 rings (SSSR count). The highest BCUT2D eigenvalue weighted by Gasteiger charge is 2.18. The third-order valence-corrected chi connectivity index (χ3v) is 3.20. The summed E-state index contributed by atoms with van der Waals surface area (Å²) >= 11 is 0. The van der Waals surface area contributed by atoms with Gasteiger partial charge in [0.2, 0.25) is 0 Å². The summed E-state index contributed by atoms with van der Waals surface area (Å²) in [5, 5.41) is 18.2. The summed E-state index contributed by atoms with van der Waals surface area (Å²) in [6.07, 6.45) is 4.53. The molecule has 7 nitrogen and oxygen atoms in total. The van der Waals surface area contributed by atoms with Crippen LogP contribution >= 0.6 is 0 Å². The minimum absolute atomic E-state index is 0.715. The molecular formula is C12H19N3O4. The molecule has 1 aliphatic rings. The highest BCUT2D eigenvalue weighted by Crippen LogP contribution is 2.24. The van der Waals surface area contributed by atoms with Crippen LogP contribution in [0.25, 0.3) is 0 Å². The SMILES string of the molecule is Cc1ncc(C2CCNCC2)n1C.O=C(O)C(=O)O. The molecule has 0 aromatic carbocycles. The number of nitrogens with zero attached hydrogens (tertiary/aromatic N) is 2. The lowest BCUT2D eigenvalue weighted by molar-refractivity contribution is -0.159. The predicted octanol–water partition coefficient (Wildman–Crippen LogP) is 0.351. The Morgan fingerprint density at radius 3 is 2.21 bits per heavy atom. The zero-order valence-electron chi connectivity index (χ0n) is 11.1. The van der Waals surface area contributed by atoms with Crippen LogP contribution in [0.3, 0.4) is 0 Å². The van der Waals surface area contributed by atoms with E-state index in [1.165, 1.54) is 18.5 Å². The zero-order valence-corrected chi connectivity index (χ0v) is 11.1. The molecule has 2 heterocycles. The zero-order chi connectivity index (χ0) is 14.4. The number of aryl methyl sites for hydroxylation is 1. The number of hydrogen-bond donors (Lipinski definition) is 3. The van der Waals surface area contributed by atoms with Crippen LogP contribution in [0.2, 0.25) is 0 Å². The highest BCUT2D eigenvalue weighted by molar-refractivity contribution is 6.27. The van der Waals surface area contributed by atoms with Gasteiger partial charge >= 0.3 is 11.9 Å². The monoisotopic (exact) mass is 269 g/mol. The van der Waals surface area contributed by atoms with E-state index in [1.807, 2.05) is 6.20 Å². The van der Waals surface area contributed by atoms with Crippen molar-refractivity contribution >= 4 is 11.9 Å². The molecule has 1 aliphatic heterocycles. The van der Waals surface area contributed by atoms with E-state index in [1.54, 1.807) is 0 Å². The molecule has 19 heavy (non-hydrogen) atoms. The van der Waals surface area contributed by atoms with E-state index in [9.17, 15) is 0 Å². The van der Waals surface area contributed by atoms with Gasteiger partial charge < -0.3 is 20.1 Å². The van der Waals surface area contributed by atoms with Crippen LogP contribution in [-0.2, 0) is 16.6 Å². The maximum atomic E-state index is 9.10. The summed E-state index contributed by atoms with van der Waals surface area (Å²) in [5.74, 6) is -1.81. The van der Waals surface area contributed by atoms with Crippen molar-refractivity contribution in [2.75, 3.05) is 13.1 Å². The fourth-order valence-corrected chi connectivity index (χ4v) is 2.02. The Bertz CT molecular complexity index is 438. The average Bonchev–Trinajstić information content (AvgIpc) is 2.72. The number of carboxylic acids is 2. The lowest BCUT2D eigenvalue weighted by Crippen LogP contribution is -2.27. The molecule has 0 amide bonds. The fraction of sp³-hybridized carbons (Fsp3) is 0.583. The molecule has 1 aromatic rings. The number of aromatic nitrogens is 2. The second-order valence-electron chi connectivity index (χ2n) is 4.42. The lowest BCUT2D eigenvalue weighted by Gasteiger charge is -2.22. The number of hydrogen-bond acceptors (Lipinski definition) is 4. The molecule has 0 saturated carbocycles. The normalized spacial score (nSPS) is 15.5.